The number of nitrogens with one attached hydrogen (secondary N) is 1. The molecule has 0 spiro atoms. The number of rotatable bonds is 5. The fourth-order valence-corrected chi connectivity index (χ4v) is 2.94. The van der Waals surface area contributed by atoms with Gasteiger partial charge in [0.05, 0.1) is 0 Å². The Morgan fingerprint density at radius 2 is 2.06 bits per heavy atom. The van der Waals surface area contributed by atoms with Crippen molar-refractivity contribution in [2.45, 2.75) is 58.7 Å². The maximum atomic E-state index is 12.5. The number of nitrogens with zero attached hydrogens (tertiary/aromatic N) is 1. The summed E-state index contributed by atoms with van der Waals surface area (Å²) in [6.07, 6.45) is 0.619. The molecule has 3 unspecified atom stereocenters. The molecular weight excluding hydrogens is 248 g/mol. The van der Waals surface area contributed by atoms with Gasteiger partial charge in [0.25, 0.3) is 0 Å². The SMILES string of the molecule is CCSCC(C)N1C(=O)C(C)(CC)NC(=O)C1C. The quantitative estimate of drug-likeness (QED) is 0.828. The van der Waals surface area contributed by atoms with Crippen LogP contribution in [0.3, 0.4) is 0 Å². The number of hydrogen-bond acceptors (Lipinski definition) is 3. The molecular formula is C13H24N2O2S. The number of carbonyl (C=O) groups is 2. The van der Waals surface area contributed by atoms with Crippen molar-refractivity contribution >= 4 is 23.6 Å². The van der Waals surface area contributed by atoms with Crippen LogP contribution in [0.1, 0.15) is 41.0 Å². The first-order valence-electron chi connectivity index (χ1n) is 6.59. The van der Waals surface area contributed by atoms with Gasteiger partial charge < -0.3 is 10.2 Å². The lowest BCUT2D eigenvalue weighted by Crippen LogP contribution is -2.70. The highest BCUT2D eigenvalue weighted by Crippen LogP contribution is 2.24. The predicted molar refractivity (Wildman–Crippen MR) is 75.6 cm³/mol. The van der Waals surface area contributed by atoms with E-state index in [1.807, 2.05) is 20.8 Å². The maximum Gasteiger partial charge on any atom is 0.248 e. The molecule has 104 valence electrons. The Bertz CT molecular complexity index is 335. The molecule has 1 aliphatic rings. The van der Waals surface area contributed by atoms with E-state index >= 15 is 0 Å². The van der Waals surface area contributed by atoms with Crippen molar-refractivity contribution in [1.29, 1.82) is 0 Å². The molecule has 3 atom stereocenters. The number of carbonyl (C=O) groups excluding carboxylic acids is 2. The van der Waals surface area contributed by atoms with Gasteiger partial charge in [-0.1, -0.05) is 13.8 Å². The van der Waals surface area contributed by atoms with Crippen LogP contribution in [0.4, 0.5) is 0 Å². The first kappa shape index (κ1) is 15.3. The van der Waals surface area contributed by atoms with Gasteiger partial charge in [-0.25, -0.2) is 0 Å². The normalized spacial score (nSPS) is 30.3. The summed E-state index contributed by atoms with van der Waals surface area (Å²) in [5.74, 6) is 1.89. The molecule has 0 aromatic carbocycles. The monoisotopic (exact) mass is 272 g/mol. The summed E-state index contributed by atoms with van der Waals surface area (Å²) in [5, 5.41) is 2.85. The van der Waals surface area contributed by atoms with Crippen LogP contribution in [0.2, 0.25) is 0 Å². The summed E-state index contributed by atoms with van der Waals surface area (Å²) >= 11 is 1.80. The van der Waals surface area contributed by atoms with Crippen LogP contribution in [0.5, 0.6) is 0 Å². The first-order valence-corrected chi connectivity index (χ1v) is 7.75. The fraction of sp³-hybridized carbons (Fsp3) is 0.846. The molecule has 5 heteroatoms. The Morgan fingerprint density at radius 3 is 2.56 bits per heavy atom. The van der Waals surface area contributed by atoms with Crippen molar-refractivity contribution in [1.82, 2.24) is 10.2 Å². The molecule has 1 rings (SSSR count). The molecule has 1 saturated heterocycles. The molecule has 1 heterocycles. The standard InChI is InChI=1S/C13H24N2O2S/c1-6-13(5)12(17)15(9(3)8-18-7-2)10(4)11(16)14-13/h9-10H,6-8H2,1-5H3,(H,14,16). The van der Waals surface area contributed by atoms with Gasteiger partial charge in [0.1, 0.15) is 11.6 Å². The van der Waals surface area contributed by atoms with Crippen LogP contribution >= 0.6 is 11.8 Å². The van der Waals surface area contributed by atoms with Gasteiger partial charge >= 0.3 is 0 Å². The van der Waals surface area contributed by atoms with E-state index in [4.69, 9.17) is 0 Å². The summed E-state index contributed by atoms with van der Waals surface area (Å²) in [5.41, 5.74) is -0.741. The van der Waals surface area contributed by atoms with Gasteiger partial charge in [0, 0.05) is 11.8 Å². The molecule has 0 aromatic rings. The summed E-state index contributed by atoms with van der Waals surface area (Å²) in [7, 11) is 0. The summed E-state index contributed by atoms with van der Waals surface area (Å²) in [6, 6.07) is -0.279. The van der Waals surface area contributed by atoms with Crippen LogP contribution < -0.4 is 5.32 Å². The zero-order chi connectivity index (χ0) is 13.9. The molecule has 0 aliphatic carbocycles. The van der Waals surface area contributed by atoms with Crippen LogP contribution in [0.25, 0.3) is 0 Å². The lowest BCUT2D eigenvalue weighted by molar-refractivity contribution is -0.155. The lowest BCUT2D eigenvalue weighted by atomic mass is 9.91. The molecule has 1 aliphatic heterocycles. The summed E-state index contributed by atoms with van der Waals surface area (Å²) in [4.78, 5) is 26.3. The Morgan fingerprint density at radius 1 is 1.44 bits per heavy atom. The number of thioether (sulfide) groups is 1. The zero-order valence-electron chi connectivity index (χ0n) is 11.9. The Hall–Kier alpha value is -0.710. The van der Waals surface area contributed by atoms with Gasteiger partial charge in [0.2, 0.25) is 11.8 Å². The van der Waals surface area contributed by atoms with Gasteiger partial charge in [0.15, 0.2) is 0 Å². The van der Waals surface area contributed by atoms with E-state index < -0.39 is 5.54 Å². The van der Waals surface area contributed by atoms with Gasteiger partial charge in [-0.15, -0.1) is 0 Å². The largest absolute Gasteiger partial charge is 0.340 e. The van der Waals surface area contributed by atoms with Crippen LogP contribution in [-0.4, -0.2) is 45.8 Å². The minimum Gasteiger partial charge on any atom is -0.340 e. The van der Waals surface area contributed by atoms with Crippen LogP contribution in [-0.2, 0) is 9.59 Å². The second-order valence-electron chi connectivity index (χ2n) is 5.07. The first-order chi connectivity index (χ1) is 8.37. The second kappa shape index (κ2) is 5.95. The third-order valence-electron chi connectivity index (χ3n) is 3.65. The average Bonchev–Trinajstić information content (AvgIpc) is 2.34. The number of piperazine rings is 1. The molecule has 18 heavy (non-hydrogen) atoms. The second-order valence-corrected chi connectivity index (χ2v) is 6.39. The minimum atomic E-state index is -0.741. The Labute approximate surface area is 114 Å². The van der Waals surface area contributed by atoms with Crippen molar-refractivity contribution < 1.29 is 9.59 Å². The third kappa shape index (κ3) is 2.82. The van der Waals surface area contributed by atoms with E-state index in [9.17, 15) is 9.59 Å². The highest BCUT2D eigenvalue weighted by atomic mass is 32.2. The van der Waals surface area contributed by atoms with Gasteiger partial charge in [-0.3, -0.25) is 9.59 Å². The molecule has 2 amide bonds. The third-order valence-corrected chi connectivity index (χ3v) is 4.77. The summed E-state index contributed by atoms with van der Waals surface area (Å²) in [6.45, 7) is 9.66. The van der Waals surface area contributed by atoms with Crippen molar-refractivity contribution in [3.63, 3.8) is 0 Å². The fourth-order valence-electron chi connectivity index (χ4n) is 2.21. The Balaban J connectivity index is 2.91. The van der Waals surface area contributed by atoms with Gasteiger partial charge in [-0.2, -0.15) is 11.8 Å². The average molecular weight is 272 g/mol. The van der Waals surface area contributed by atoms with E-state index in [2.05, 4.69) is 12.2 Å². The Kier molecular flexibility index (Phi) is 5.08. The van der Waals surface area contributed by atoms with Crippen molar-refractivity contribution in [3.8, 4) is 0 Å². The lowest BCUT2D eigenvalue weighted by Gasteiger charge is -2.45. The van der Waals surface area contributed by atoms with Crippen molar-refractivity contribution in [3.05, 3.63) is 0 Å². The van der Waals surface area contributed by atoms with Gasteiger partial charge in [-0.05, 0) is 32.9 Å². The zero-order valence-corrected chi connectivity index (χ0v) is 12.8. The molecule has 0 radical (unpaired) electrons. The molecule has 0 aromatic heterocycles. The minimum absolute atomic E-state index is 0.0429. The molecule has 0 bridgehead atoms. The smallest absolute Gasteiger partial charge is 0.248 e. The topological polar surface area (TPSA) is 49.4 Å². The van der Waals surface area contributed by atoms with E-state index in [0.29, 0.717) is 6.42 Å². The van der Waals surface area contributed by atoms with E-state index in [-0.39, 0.29) is 23.9 Å². The molecule has 4 nitrogen and oxygen atoms in total. The number of amides is 2. The van der Waals surface area contributed by atoms with E-state index in [0.717, 1.165) is 11.5 Å². The predicted octanol–water partition coefficient (Wildman–Crippen LogP) is 1.64. The molecule has 1 N–H and O–H groups in total. The van der Waals surface area contributed by atoms with E-state index in [1.165, 1.54) is 0 Å². The van der Waals surface area contributed by atoms with Crippen LogP contribution in [0.15, 0.2) is 0 Å². The van der Waals surface area contributed by atoms with Crippen molar-refractivity contribution in [2.24, 2.45) is 0 Å². The highest BCUT2D eigenvalue weighted by Gasteiger charge is 2.46. The highest BCUT2D eigenvalue weighted by molar-refractivity contribution is 7.99. The van der Waals surface area contributed by atoms with E-state index in [1.54, 1.807) is 23.6 Å². The summed E-state index contributed by atoms with van der Waals surface area (Å²) < 4.78 is 0. The molecule has 0 saturated carbocycles. The van der Waals surface area contributed by atoms with Crippen LogP contribution in [0, 0.1) is 0 Å². The van der Waals surface area contributed by atoms with Crippen molar-refractivity contribution in [2.75, 3.05) is 11.5 Å². The number of hydrogen-bond donors (Lipinski definition) is 1. The maximum absolute atomic E-state index is 12.5. The molecule has 1 fully saturated rings.